The van der Waals surface area contributed by atoms with Gasteiger partial charge in [0, 0.05) is 24.0 Å². The van der Waals surface area contributed by atoms with E-state index in [1.807, 2.05) is 18.2 Å². The second kappa shape index (κ2) is 9.65. The van der Waals surface area contributed by atoms with Crippen molar-refractivity contribution in [2.24, 2.45) is 0 Å². The number of benzene rings is 2. The van der Waals surface area contributed by atoms with Gasteiger partial charge in [0.05, 0.1) is 7.11 Å². The molecule has 0 heterocycles. The average molecular weight is 403 g/mol. The van der Waals surface area contributed by atoms with Crippen LogP contribution in [0.25, 0.3) is 0 Å². The lowest BCUT2D eigenvalue weighted by atomic mass is 9.68. The Labute approximate surface area is 170 Å². The molecule has 3 rings (SSSR count). The van der Waals surface area contributed by atoms with Crippen LogP contribution >= 0.6 is 0 Å². The molecule has 1 saturated carbocycles. The number of nitrogens with one attached hydrogen (secondary N) is 2. The van der Waals surface area contributed by atoms with Crippen LogP contribution in [0.2, 0.25) is 0 Å². The topological polar surface area (TPSA) is 70.6 Å². The fourth-order valence-electron chi connectivity index (χ4n) is 4.25. The Balaban J connectivity index is 1.70. The highest BCUT2D eigenvalue weighted by atomic mass is 32.2. The third-order valence-corrected chi connectivity index (χ3v) is 6.34. The molecular formula is C22H30N2O3S. The molecule has 0 bridgehead atoms. The molecule has 1 aliphatic rings. The van der Waals surface area contributed by atoms with Crippen LogP contribution in [0.1, 0.15) is 49.8 Å². The first-order valence-corrected chi connectivity index (χ1v) is 10.9. The summed E-state index contributed by atoms with van der Waals surface area (Å²) in [7, 11) is 1.67. The highest BCUT2D eigenvalue weighted by Gasteiger charge is 2.37. The van der Waals surface area contributed by atoms with Crippen molar-refractivity contribution < 1.29 is 13.5 Å². The lowest BCUT2D eigenvalue weighted by Crippen LogP contribution is -2.46. The fourth-order valence-corrected chi connectivity index (χ4v) is 4.65. The molecule has 0 saturated heterocycles. The zero-order valence-electron chi connectivity index (χ0n) is 16.6. The second-order valence-corrected chi connectivity index (χ2v) is 8.44. The summed E-state index contributed by atoms with van der Waals surface area (Å²) in [4.78, 5) is 0. The maximum Gasteiger partial charge on any atom is 0.231 e. The van der Waals surface area contributed by atoms with Gasteiger partial charge in [0.1, 0.15) is 5.75 Å². The molecular weight excluding hydrogens is 372 g/mol. The van der Waals surface area contributed by atoms with Crippen molar-refractivity contribution in [3.63, 3.8) is 0 Å². The Bertz CT molecular complexity index is 776. The third kappa shape index (κ3) is 5.20. The summed E-state index contributed by atoms with van der Waals surface area (Å²) in [5.41, 5.74) is 2.30. The van der Waals surface area contributed by atoms with Crippen molar-refractivity contribution in [3.05, 3.63) is 65.7 Å². The fraction of sp³-hybridized carbons (Fsp3) is 0.455. The number of methoxy groups -OCH3 is 1. The monoisotopic (exact) mass is 402 g/mol. The largest absolute Gasteiger partial charge is 0.497 e. The summed E-state index contributed by atoms with van der Waals surface area (Å²) < 4.78 is 28.7. The summed E-state index contributed by atoms with van der Waals surface area (Å²) in [6.07, 6.45) is 3.94. The number of ether oxygens (including phenoxy) is 1. The molecule has 6 heteroatoms. The van der Waals surface area contributed by atoms with Crippen molar-refractivity contribution in [2.45, 2.75) is 50.1 Å². The molecule has 0 aromatic heterocycles. The van der Waals surface area contributed by atoms with Crippen LogP contribution in [0.15, 0.2) is 54.6 Å². The number of rotatable bonds is 8. The van der Waals surface area contributed by atoms with Crippen LogP contribution < -0.4 is 14.8 Å². The van der Waals surface area contributed by atoms with Gasteiger partial charge >= 0.3 is 0 Å². The molecule has 2 aromatic rings. The Kier molecular flexibility index (Phi) is 7.24. The van der Waals surface area contributed by atoms with Gasteiger partial charge in [-0.3, -0.25) is 4.55 Å². The predicted octanol–water partition coefficient (Wildman–Crippen LogP) is 3.95. The Morgan fingerprint density at radius 1 is 1.18 bits per heavy atom. The highest BCUT2D eigenvalue weighted by Crippen LogP contribution is 2.40. The molecule has 2 aromatic carbocycles. The highest BCUT2D eigenvalue weighted by molar-refractivity contribution is 7.77. The van der Waals surface area contributed by atoms with E-state index in [2.05, 4.69) is 53.4 Å². The number of hydrogen-bond acceptors (Lipinski definition) is 3. The van der Waals surface area contributed by atoms with Gasteiger partial charge in [-0.1, -0.05) is 42.5 Å². The van der Waals surface area contributed by atoms with Gasteiger partial charge in [-0.05, 0) is 55.9 Å². The van der Waals surface area contributed by atoms with Gasteiger partial charge in [-0.2, -0.15) is 0 Å². The molecule has 5 nitrogen and oxygen atoms in total. The van der Waals surface area contributed by atoms with Crippen LogP contribution in [0, 0.1) is 0 Å². The zero-order valence-corrected chi connectivity index (χ0v) is 17.4. The summed E-state index contributed by atoms with van der Waals surface area (Å²) >= 11 is -2.01. The maximum absolute atomic E-state index is 11.3. The van der Waals surface area contributed by atoms with Gasteiger partial charge in [0.15, 0.2) is 0 Å². The zero-order chi connectivity index (χ0) is 20.0. The van der Waals surface area contributed by atoms with E-state index in [1.165, 1.54) is 11.1 Å². The van der Waals surface area contributed by atoms with Crippen LogP contribution in [0.3, 0.4) is 0 Å². The first kappa shape index (κ1) is 21.0. The molecule has 0 aliphatic heterocycles. The van der Waals surface area contributed by atoms with Crippen LogP contribution in [-0.4, -0.2) is 28.5 Å². The Morgan fingerprint density at radius 3 is 2.54 bits per heavy atom. The first-order valence-electron chi connectivity index (χ1n) is 9.82. The van der Waals surface area contributed by atoms with E-state index in [4.69, 9.17) is 4.74 Å². The molecule has 28 heavy (non-hydrogen) atoms. The van der Waals surface area contributed by atoms with Gasteiger partial charge in [-0.15, -0.1) is 0 Å². The third-order valence-electron chi connectivity index (χ3n) is 5.94. The molecule has 0 amide bonds. The van der Waals surface area contributed by atoms with Crippen molar-refractivity contribution >= 4 is 11.3 Å². The lowest BCUT2D eigenvalue weighted by molar-refractivity contribution is 0.236. The molecule has 0 spiro atoms. The quantitative estimate of drug-likeness (QED) is 0.585. The van der Waals surface area contributed by atoms with E-state index in [0.717, 1.165) is 31.4 Å². The van der Waals surface area contributed by atoms with Crippen molar-refractivity contribution in [3.8, 4) is 5.75 Å². The SMILES string of the molecule is COc1cccc(C2(CNS(=O)O)CCC(NC(C)c3ccccc3)CC2)c1. The Morgan fingerprint density at radius 2 is 1.89 bits per heavy atom. The molecule has 2 atom stereocenters. The standard InChI is InChI=1S/C22H30N2O3S/c1-17(18-7-4-3-5-8-18)24-20-11-13-22(14-12-20,16-23-28(25)26)19-9-6-10-21(15-19)27-2/h3-10,15,17,20,23-24H,11-14,16H2,1-2H3,(H,25,26). The van der Waals surface area contributed by atoms with E-state index >= 15 is 0 Å². The second-order valence-electron chi connectivity index (χ2n) is 7.66. The molecule has 152 valence electrons. The first-order chi connectivity index (χ1) is 13.5. The van der Waals surface area contributed by atoms with Gasteiger partial charge < -0.3 is 10.1 Å². The van der Waals surface area contributed by atoms with Crippen molar-refractivity contribution in [1.82, 2.24) is 10.0 Å². The molecule has 2 unspecified atom stereocenters. The van der Waals surface area contributed by atoms with Crippen LogP contribution in [0.5, 0.6) is 5.75 Å². The van der Waals surface area contributed by atoms with Crippen molar-refractivity contribution in [1.29, 1.82) is 0 Å². The van der Waals surface area contributed by atoms with E-state index in [1.54, 1.807) is 7.11 Å². The minimum Gasteiger partial charge on any atom is -0.497 e. The molecule has 1 aliphatic carbocycles. The van der Waals surface area contributed by atoms with E-state index < -0.39 is 11.3 Å². The minimum absolute atomic E-state index is 0.166. The molecule has 1 fully saturated rings. The minimum atomic E-state index is -2.01. The van der Waals surface area contributed by atoms with Gasteiger partial charge in [0.25, 0.3) is 0 Å². The smallest absolute Gasteiger partial charge is 0.231 e. The summed E-state index contributed by atoms with van der Waals surface area (Å²) in [5.74, 6) is 0.819. The summed E-state index contributed by atoms with van der Waals surface area (Å²) in [6.45, 7) is 2.68. The summed E-state index contributed by atoms with van der Waals surface area (Å²) in [5, 5.41) is 3.76. The van der Waals surface area contributed by atoms with Crippen LogP contribution in [0.4, 0.5) is 0 Å². The van der Waals surface area contributed by atoms with E-state index in [0.29, 0.717) is 18.6 Å². The van der Waals surface area contributed by atoms with E-state index in [-0.39, 0.29) is 5.41 Å². The Hall–Kier alpha value is -1.73. The normalized spacial score (nSPS) is 24.5. The molecule has 3 N–H and O–H groups in total. The maximum atomic E-state index is 11.3. The average Bonchev–Trinajstić information content (AvgIpc) is 2.74. The lowest BCUT2D eigenvalue weighted by Gasteiger charge is -2.41. The van der Waals surface area contributed by atoms with Gasteiger partial charge in [-0.25, -0.2) is 8.93 Å². The van der Waals surface area contributed by atoms with Gasteiger partial charge in [0.2, 0.25) is 11.3 Å². The summed E-state index contributed by atoms with van der Waals surface area (Å²) in [6, 6.07) is 19.3. The van der Waals surface area contributed by atoms with Crippen LogP contribution in [-0.2, 0) is 16.7 Å². The van der Waals surface area contributed by atoms with E-state index in [9.17, 15) is 8.76 Å². The number of hydrogen-bond donors (Lipinski definition) is 3. The van der Waals surface area contributed by atoms with Crippen molar-refractivity contribution in [2.75, 3.05) is 13.7 Å². The molecule has 0 radical (unpaired) electrons. The predicted molar refractivity (Wildman–Crippen MR) is 114 cm³/mol.